The third-order valence-electron chi connectivity index (χ3n) is 6.19. The zero-order valence-corrected chi connectivity index (χ0v) is 15.4. The van der Waals surface area contributed by atoms with E-state index in [1.807, 2.05) is 24.3 Å². The maximum absolute atomic E-state index is 12.6. The Kier molecular flexibility index (Phi) is 4.53. The summed E-state index contributed by atoms with van der Waals surface area (Å²) in [5, 5.41) is 9.47. The molecule has 0 aromatic heterocycles. The molecular weight excluding hydrogens is 346 g/mol. The highest BCUT2D eigenvalue weighted by molar-refractivity contribution is 6.02. The first kappa shape index (κ1) is 17.8. The van der Waals surface area contributed by atoms with E-state index in [4.69, 9.17) is 4.74 Å². The molecule has 7 nitrogen and oxygen atoms in total. The summed E-state index contributed by atoms with van der Waals surface area (Å²) in [6, 6.07) is 7.53. The van der Waals surface area contributed by atoms with Gasteiger partial charge in [0.25, 0.3) is 5.91 Å². The van der Waals surface area contributed by atoms with Crippen LogP contribution in [0.5, 0.6) is 0 Å². The number of anilines is 1. The Balaban J connectivity index is 1.46. The fourth-order valence-electron chi connectivity index (χ4n) is 4.97. The van der Waals surface area contributed by atoms with E-state index in [0.29, 0.717) is 18.6 Å². The highest BCUT2D eigenvalue weighted by atomic mass is 16.5. The average Bonchev–Trinajstić information content (AvgIpc) is 2.66. The molecule has 3 fully saturated rings. The minimum absolute atomic E-state index is 0.0554. The van der Waals surface area contributed by atoms with Crippen molar-refractivity contribution in [1.82, 2.24) is 10.6 Å². The minimum atomic E-state index is -0.480. The third kappa shape index (κ3) is 3.15. The molecule has 4 aliphatic rings. The largest absolute Gasteiger partial charge is 0.465 e. The second-order valence-corrected chi connectivity index (χ2v) is 7.70. The molecule has 1 spiro atoms. The van der Waals surface area contributed by atoms with Gasteiger partial charge in [0.2, 0.25) is 5.91 Å². The Labute approximate surface area is 158 Å². The van der Waals surface area contributed by atoms with E-state index in [1.165, 1.54) is 0 Å². The molecule has 0 unspecified atom stereocenters. The average molecular weight is 371 g/mol. The quantitative estimate of drug-likeness (QED) is 0.700. The van der Waals surface area contributed by atoms with Crippen LogP contribution in [0.25, 0.3) is 0 Å². The summed E-state index contributed by atoms with van der Waals surface area (Å²) in [7, 11) is 0. The molecule has 27 heavy (non-hydrogen) atoms. The molecule has 0 radical (unpaired) electrons. The topological polar surface area (TPSA) is 96.5 Å². The lowest BCUT2D eigenvalue weighted by atomic mass is 9.58. The van der Waals surface area contributed by atoms with Gasteiger partial charge in [0.15, 0.2) is 0 Å². The van der Waals surface area contributed by atoms with Gasteiger partial charge < -0.3 is 20.7 Å². The number of benzene rings is 1. The van der Waals surface area contributed by atoms with E-state index in [0.717, 1.165) is 24.9 Å². The molecule has 2 amide bonds. The summed E-state index contributed by atoms with van der Waals surface area (Å²) in [5.74, 6) is -0.329. The van der Waals surface area contributed by atoms with Crippen LogP contribution in [-0.2, 0) is 14.3 Å². The van der Waals surface area contributed by atoms with Gasteiger partial charge in [0.05, 0.1) is 12.2 Å². The van der Waals surface area contributed by atoms with Crippen molar-refractivity contribution in [1.29, 1.82) is 0 Å². The number of esters is 1. The predicted octanol–water partition coefficient (Wildman–Crippen LogP) is 1.65. The summed E-state index contributed by atoms with van der Waals surface area (Å²) in [6.45, 7) is 1.95. The van der Waals surface area contributed by atoms with E-state index in [1.54, 1.807) is 6.92 Å². The highest BCUT2D eigenvalue weighted by Crippen LogP contribution is 2.51. The van der Waals surface area contributed by atoms with Crippen molar-refractivity contribution >= 4 is 23.5 Å². The summed E-state index contributed by atoms with van der Waals surface area (Å²) >= 11 is 0. The Bertz CT molecular complexity index is 780. The summed E-state index contributed by atoms with van der Waals surface area (Å²) < 4.78 is 4.87. The van der Waals surface area contributed by atoms with Gasteiger partial charge in [-0.3, -0.25) is 14.4 Å². The summed E-state index contributed by atoms with van der Waals surface area (Å²) in [4.78, 5) is 36.7. The maximum Gasteiger partial charge on any atom is 0.325 e. The maximum atomic E-state index is 12.6. The normalized spacial score (nSPS) is 30.9. The van der Waals surface area contributed by atoms with Crippen molar-refractivity contribution < 1.29 is 19.1 Å². The highest BCUT2D eigenvalue weighted by Gasteiger charge is 2.55. The fourth-order valence-corrected chi connectivity index (χ4v) is 4.97. The van der Waals surface area contributed by atoms with Crippen molar-refractivity contribution in [3.05, 3.63) is 29.8 Å². The van der Waals surface area contributed by atoms with Gasteiger partial charge in [-0.15, -0.1) is 0 Å². The Morgan fingerprint density at radius 2 is 2.07 bits per heavy atom. The van der Waals surface area contributed by atoms with Gasteiger partial charge in [0.1, 0.15) is 12.2 Å². The molecule has 0 saturated heterocycles. The molecule has 5 rings (SSSR count). The SMILES string of the molecule is CCOC(=O)CNC(=O)[C@H]1C[C@@H]2CC[C@@H]1C[C@@]21NC(=O)c2ccccc2N1. The van der Waals surface area contributed by atoms with Crippen molar-refractivity contribution in [3.8, 4) is 0 Å². The van der Waals surface area contributed by atoms with E-state index in [2.05, 4.69) is 16.0 Å². The number of hydrogen-bond acceptors (Lipinski definition) is 5. The first-order valence-electron chi connectivity index (χ1n) is 9.65. The second kappa shape index (κ2) is 6.87. The van der Waals surface area contributed by atoms with Crippen molar-refractivity contribution in [3.63, 3.8) is 0 Å². The van der Waals surface area contributed by atoms with Crippen LogP contribution >= 0.6 is 0 Å². The van der Waals surface area contributed by atoms with Gasteiger partial charge in [-0.2, -0.15) is 0 Å². The van der Waals surface area contributed by atoms with Crippen LogP contribution in [0, 0.1) is 17.8 Å². The first-order valence-corrected chi connectivity index (χ1v) is 9.65. The van der Waals surface area contributed by atoms with Crippen molar-refractivity contribution in [2.45, 2.75) is 38.3 Å². The number of fused-ring (bicyclic) bond motifs is 3. The Hall–Kier alpha value is -2.57. The van der Waals surface area contributed by atoms with Gasteiger partial charge in [0, 0.05) is 17.5 Å². The van der Waals surface area contributed by atoms with E-state index in [-0.39, 0.29) is 36.1 Å². The fraction of sp³-hybridized carbons (Fsp3) is 0.550. The molecule has 144 valence electrons. The number of rotatable bonds is 4. The lowest BCUT2D eigenvalue weighted by Crippen LogP contribution is -2.68. The van der Waals surface area contributed by atoms with E-state index >= 15 is 0 Å². The lowest BCUT2D eigenvalue weighted by molar-refractivity contribution is -0.145. The molecule has 1 aliphatic heterocycles. The number of carbonyl (C=O) groups is 3. The molecular formula is C20H25N3O4. The lowest BCUT2D eigenvalue weighted by Gasteiger charge is -2.56. The minimum Gasteiger partial charge on any atom is -0.465 e. The van der Waals surface area contributed by atoms with Crippen LogP contribution in [0.1, 0.15) is 43.0 Å². The molecule has 1 aromatic carbocycles. The smallest absolute Gasteiger partial charge is 0.325 e. The monoisotopic (exact) mass is 371 g/mol. The van der Waals surface area contributed by atoms with Crippen molar-refractivity contribution in [2.75, 3.05) is 18.5 Å². The van der Waals surface area contributed by atoms with Gasteiger partial charge in [-0.25, -0.2) is 0 Å². The molecule has 3 aliphatic carbocycles. The molecule has 3 saturated carbocycles. The zero-order chi connectivity index (χ0) is 19.0. The Morgan fingerprint density at radius 3 is 2.81 bits per heavy atom. The van der Waals surface area contributed by atoms with E-state index < -0.39 is 11.6 Å². The van der Waals surface area contributed by atoms with Crippen LogP contribution in [0.2, 0.25) is 0 Å². The molecule has 2 bridgehead atoms. The molecule has 7 heteroatoms. The predicted molar refractivity (Wildman–Crippen MR) is 98.8 cm³/mol. The van der Waals surface area contributed by atoms with Gasteiger partial charge >= 0.3 is 5.97 Å². The number of para-hydroxylation sites is 1. The Morgan fingerprint density at radius 1 is 1.26 bits per heavy atom. The number of carbonyl (C=O) groups excluding carboxylic acids is 3. The van der Waals surface area contributed by atoms with Crippen LogP contribution in [0.15, 0.2) is 24.3 Å². The molecule has 1 aromatic rings. The van der Waals surface area contributed by atoms with Gasteiger partial charge in [-0.1, -0.05) is 12.1 Å². The van der Waals surface area contributed by atoms with Crippen LogP contribution in [0.4, 0.5) is 5.69 Å². The summed E-state index contributed by atoms with van der Waals surface area (Å²) in [5.41, 5.74) is 1.04. The zero-order valence-electron chi connectivity index (χ0n) is 15.4. The van der Waals surface area contributed by atoms with Gasteiger partial charge in [-0.05, 0) is 50.7 Å². The van der Waals surface area contributed by atoms with Crippen LogP contribution in [-0.4, -0.2) is 36.6 Å². The van der Waals surface area contributed by atoms with Crippen LogP contribution in [0.3, 0.4) is 0 Å². The molecule has 4 atom stereocenters. The summed E-state index contributed by atoms with van der Waals surface area (Å²) in [6.07, 6.45) is 3.36. The number of nitrogens with one attached hydrogen (secondary N) is 3. The van der Waals surface area contributed by atoms with Crippen molar-refractivity contribution in [2.24, 2.45) is 17.8 Å². The molecule has 1 heterocycles. The van der Waals surface area contributed by atoms with Crippen LogP contribution < -0.4 is 16.0 Å². The standard InChI is InChI=1S/C20H25N3O4/c1-2-27-17(24)11-21-18(25)15-9-13-8-7-12(15)10-20(13)22-16-6-4-3-5-14(16)19(26)23-20/h3-6,12-13,15,22H,2,7-11H2,1H3,(H,21,25)(H,23,26)/t12-,13+,15+,20-/m1/s1. The first-order chi connectivity index (χ1) is 13.0. The molecule has 3 N–H and O–H groups in total. The second-order valence-electron chi connectivity index (χ2n) is 7.70. The number of ether oxygens (including phenoxy) is 1. The number of hydrogen-bond donors (Lipinski definition) is 3. The number of amides is 2. The van der Waals surface area contributed by atoms with E-state index in [9.17, 15) is 14.4 Å². The third-order valence-corrected chi connectivity index (χ3v) is 6.19.